The van der Waals surface area contributed by atoms with E-state index in [-0.39, 0.29) is 5.91 Å². The molecule has 0 radical (unpaired) electrons. The summed E-state index contributed by atoms with van der Waals surface area (Å²) in [7, 11) is 3.17. The Morgan fingerprint density at radius 1 is 1.25 bits per heavy atom. The van der Waals surface area contributed by atoms with Gasteiger partial charge in [0.1, 0.15) is 5.70 Å². The lowest BCUT2D eigenvalue weighted by molar-refractivity contribution is -0.114. The first-order valence-electron chi connectivity index (χ1n) is 5.92. The monoisotopic (exact) mass is 288 g/mol. The summed E-state index contributed by atoms with van der Waals surface area (Å²) < 4.78 is 10.4. The molecule has 5 nitrogen and oxygen atoms in total. The average Bonchev–Trinajstić information content (AvgIpc) is 3.02. The van der Waals surface area contributed by atoms with Gasteiger partial charge in [0, 0.05) is 6.20 Å². The minimum absolute atomic E-state index is 0.230. The Kier molecular flexibility index (Phi) is 3.23. The summed E-state index contributed by atoms with van der Waals surface area (Å²) in [4.78, 5) is 17.6. The molecule has 0 bridgehead atoms. The fraction of sp³-hybridized carbons (Fsp3) is 0.143. The first kappa shape index (κ1) is 12.8. The molecule has 2 heterocycles. The molecule has 2 aliphatic rings. The number of thioether (sulfide) groups is 1. The van der Waals surface area contributed by atoms with E-state index in [1.807, 2.05) is 23.7 Å². The van der Waals surface area contributed by atoms with Gasteiger partial charge in [-0.3, -0.25) is 9.69 Å². The molecule has 0 aromatic heterocycles. The van der Waals surface area contributed by atoms with Crippen LogP contribution in [0.3, 0.4) is 0 Å². The molecule has 3 rings (SSSR count). The number of aliphatic imine (C=N–C) groups is 1. The van der Waals surface area contributed by atoms with Gasteiger partial charge in [-0.25, -0.2) is 0 Å². The molecule has 0 aliphatic carbocycles. The lowest BCUT2D eigenvalue weighted by Gasteiger charge is -2.11. The Hall–Kier alpha value is -2.21. The van der Waals surface area contributed by atoms with Crippen LogP contribution in [0.25, 0.3) is 6.08 Å². The first-order chi connectivity index (χ1) is 9.72. The van der Waals surface area contributed by atoms with Gasteiger partial charge in [0.25, 0.3) is 5.91 Å². The number of amides is 1. The van der Waals surface area contributed by atoms with Crippen LogP contribution in [0.15, 0.2) is 40.5 Å². The number of hydrogen-bond acceptors (Lipinski definition) is 5. The van der Waals surface area contributed by atoms with Crippen molar-refractivity contribution < 1.29 is 14.3 Å². The number of hydrogen-bond donors (Lipinski definition) is 0. The minimum Gasteiger partial charge on any atom is -0.493 e. The Bertz CT molecular complexity index is 664. The largest absolute Gasteiger partial charge is 0.493 e. The maximum atomic E-state index is 11.9. The van der Waals surface area contributed by atoms with Gasteiger partial charge < -0.3 is 9.47 Å². The highest BCUT2D eigenvalue weighted by molar-refractivity contribution is 8.16. The van der Waals surface area contributed by atoms with E-state index in [4.69, 9.17) is 9.47 Å². The van der Waals surface area contributed by atoms with Gasteiger partial charge >= 0.3 is 0 Å². The lowest BCUT2D eigenvalue weighted by atomic mass is 10.1. The molecule has 0 N–H and O–H groups in total. The van der Waals surface area contributed by atoms with E-state index in [1.54, 1.807) is 31.3 Å². The molecular weight excluding hydrogens is 276 g/mol. The van der Waals surface area contributed by atoms with Crippen molar-refractivity contribution in [2.24, 2.45) is 4.99 Å². The maximum absolute atomic E-state index is 11.9. The lowest BCUT2D eigenvalue weighted by Crippen LogP contribution is -2.14. The summed E-state index contributed by atoms with van der Waals surface area (Å²) in [5.74, 6) is 1.05. The Balaban J connectivity index is 1.96. The van der Waals surface area contributed by atoms with Gasteiger partial charge in [0.05, 0.1) is 14.2 Å². The van der Waals surface area contributed by atoms with Crippen LogP contribution in [0.1, 0.15) is 5.56 Å². The number of rotatable bonds is 3. The number of carbonyl (C=O) groups is 1. The standard InChI is InChI=1S/C14H12N2O3S/c1-18-11-4-3-9(8-12(11)19-2)7-10-13(17)15-14-16(10)5-6-20-14/h3-8H,1-2H3/b10-7+. The molecule has 0 fully saturated rings. The molecular formula is C14H12N2O3S. The third kappa shape index (κ3) is 2.08. The first-order valence-corrected chi connectivity index (χ1v) is 6.80. The number of nitrogens with zero attached hydrogens (tertiary/aromatic N) is 2. The van der Waals surface area contributed by atoms with E-state index in [2.05, 4.69) is 4.99 Å². The van der Waals surface area contributed by atoms with Crippen molar-refractivity contribution in [2.45, 2.75) is 0 Å². The van der Waals surface area contributed by atoms with Crippen LogP contribution in [0.2, 0.25) is 0 Å². The fourth-order valence-electron chi connectivity index (χ4n) is 2.02. The highest BCUT2D eigenvalue weighted by Gasteiger charge is 2.30. The second-order valence-corrected chi connectivity index (χ2v) is 4.99. The van der Waals surface area contributed by atoms with Crippen molar-refractivity contribution in [3.63, 3.8) is 0 Å². The zero-order chi connectivity index (χ0) is 14.1. The molecule has 1 amide bonds. The van der Waals surface area contributed by atoms with Crippen molar-refractivity contribution in [1.29, 1.82) is 0 Å². The molecule has 102 valence electrons. The quantitative estimate of drug-likeness (QED) is 0.800. The van der Waals surface area contributed by atoms with E-state index >= 15 is 0 Å². The third-order valence-electron chi connectivity index (χ3n) is 2.98. The summed E-state index contributed by atoms with van der Waals surface area (Å²) in [6.45, 7) is 0. The van der Waals surface area contributed by atoms with Crippen molar-refractivity contribution >= 4 is 28.9 Å². The van der Waals surface area contributed by atoms with Gasteiger partial charge in [-0.2, -0.15) is 4.99 Å². The second kappa shape index (κ2) is 5.05. The molecule has 1 aromatic carbocycles. The van der Waals surface area contributed by atoms with E-state index in [0.717, 1.165) is 5.56 Å². The van der Waals surface area contributed by atoms with E-state index in [0.29, 0.717) is 22.4 Å². The van der Waals surface area contributed by atoms with Crippen LogP contribution < -0.4 is 9.47 Å². The Morgan fingerprint density at radius 3 is 2.80 bits per heavy atom. The number of methoxy groups -OCH3 is 2. The minimum atomic E-state index is -0.230. The Labute approximate surface area is 120 Å². The molecule has 2 aliphatic heterocycles. The van der Waals surface area contributed by atoms with E-state index < -0.39 is 0 Å². The van der Waals surface area contributed by atoms with Crippen LogP contribution in [0, 0.1) is 0 Å². The maximum Gasteiger partial charge on any atom is 0.296 e. The van der Waals surface area contributed by atoms with E-state index in [9.17, 15) is 4.79 Å². The molecule has 6 heteroatoms. The zero-order valence-electron chi connectivity index (χ0n) is 11.0. The van der Waals surface area contributed by atoms with Gasteiger partial charge in [-0.15, -0.1) is 0 Å². The molecule has 20 heavy (non-hydrogen) atoms. The molecule has 0 saturated heterocycles. The molecule has 0 spiro atoms. The van der Waals surface area contributed by atoms with Crippen LogP contribution in [-0.4, -0.2) is 30.2 Å². The van der Waals surface area contributed by atoms with Gasteiger partial charge in [0.2, 0.25) is 0 Å². The van der Waals surface area contributed by atoms with Crippen LogP contribution in [0.4, 0.5) is 0 Å². The van der Waals surface area contributed by atoms with Gasteiger partial charge in [-0.1, -0.05) is 17.8 Å². The number of amidine groups is 1. The fourth-order valence-corrected chi connectivity index (χ4v) is 2.73. The molecule has 0 atom stereocenters. The average molecular weight is 288 g/mol. The van der Waals surface area contributed by atoms with Gasteiger partial charge in [-0.05, 0) is 29.2 Å². The summed E-state index contributed by atoms with van der Waals surface area (Å²) in [5, 5.41) is 2.59. The van der Waals surface area contributed by atoms with Crippen molar-refractivity contribution in [2.75, 3.05) is 14.2 Å². The van der Waals surface area contributed by atoms with Crippen LogP contribution >= 0.6 is 11.8 Å². The SMILES string of the molecule is COc1ccc(/C=C2\C(=O)N=C3SC=CN32)cc1OC. The highest BCUT2D eigenvalue weighted by Crippen LogP contribution is 2.33. The smallest absolute Gasteiger partial charge is 0.296 e. The highest BCUT2D eigenvalue weighted by atomic mass is 32.2. The second-order valence-electron chi connectivity index (χ2n) is 4.12. The number of benzene rings is 1. The predicted octanol–water partition coefficient (Wildman–Crippen LogP) is 2.46. The molecule has 0 saturated carbocycles. The summed E-state index contributed by atoms with van der Waals surface area (Å²) in [5.41, 5.74) is 1.39. The normalized spacial score (nSPS) is 18.5. The summed E-state index contributed by atoms with van der Waals surface area (Å²) >= 11 is 1.43. The zero-order valence-corrected chi connectivity index (χ0v) is 11.8. The van der Waals surface area contributed by atoms with Crippen molar-refractivity contribution in [3.8, 4) is 11.5 Å². The summed E-state index contributed by atoms with van der Waals surface area (Å²) in [6.07, 6.45) is 3.62. The number of ether oxygens (including phenoxy) is 2. The topological polar surface area (TPSA) is 51.1 Å². The van der Waals surface area contributed by atoms with Crippen LogP contribution in [0.5, 0.6) is 11.5 Å². The van der Waals surface area contributed by atoms with E-state index in [1.165, 1.54) is 11.8 Å². The van der Waals surface area contributed by atoms with Crippen molar-refractivity contribution in [3.05, 3.63) is 41.1 Å². The number of fused-ring (bicyclic) bond motifs is 1. The Morgan fingerprint density at radius 2 is 2.05 bits per heavy atom. The molecule has 1 aromatic rings. The number of carbonyl (C=O) groups excluding carboxylic acids is 1. The predicted molar refractivity (Wildman–Crippen MR) is 78.5 cm³/mol. The van der Waals surface area contributed by atoms with Crippen LogP contribution in [-0.2, 0) is 4.79 Å². The van der Waals surface area contributed by atoms with Gasteiger partial charge in [0.15, 0.2) is 16.7 Å². The third-order valence-corrected chi connectivity index (χ3v) is 3.73. The summed E-state index contributed by atoms with van der Waals surface area (Å²) in [6, 6.07) is 5.50. The van der Waals surface area contributed by atoms with Crippen molar-refractivity contribution in [1.82, 2.24) is 4.90 Å². The molecule has 0 unspecified atom stereocenters.